The van der Waals surface area contributed by atoms with Gasteiger partial charge in [-0.3, -0.25) is 19.3 Å². The predicted molar refractivity (Wildman–Crippen MR) is 146 cm³/mol. The maximum atomic E-state index is 12.8. The Hall–Kier alpha value is -4.56. The number of ketones is 1. The summed E-state index contributed by atoms with van der Waals surface area (Å²) < 4.78 is 16.9. The fraction of sp³-hybridized carbons (Fsp3) is 0.167. The zero-order valence-corrected chi connectivity index (χ0v) is 21.6. The zero-order valence-electron chi connectivity index (χ0n) is 20.9. The Morgan fingerprint density at radius 2 is 1.77 bits per heavy atom. The monoisotopic (exact) mass is 544 g/mol. The van der Waals surface area contributed by atoms with Crippen LogP contribution in [0.1, 0.15) is 32.2 Å². The highest BCUT2D eigenvalue weighted by Crippen LogP contribution is 2.34. The van der Waals surface area contributed by atoms with E-state index in [-0.39, 0.29) is 43.1 Å². The van der Waals surface area contributed by atoms with E-state index < -0.39 is 0 Å². The number of halogens is 1. The van der Waals surface area contributed by atoms with Crippen LogP contribution in [-0.4, -0.2) is 37.4 Å². The van der Waals surface area contributed by atoms with Crippen molar-refractivity contribution in [3.63, 3.8) is 0 Å². The van der Waals surface area contributed by atoms with E-state index in [1.807, 2.05) is 30.3 Å². The number of nitrogens with zero attached hydrogens (tertiary/aromatic N) is 1. The standard InChI is InChI=1S/C30H25ClN2O6/c31-22-7-9-23(10-8-22)37-18-26(34)21-6-12-27-25(16-21)33(29(35)19-38-27)17-24-11-13-28(39-24)30(36)32-15-14-20-4-2-1-3-5-20/h1-13,16H,14-15,17-19H2,(H,32,36). The predicted octanol–water partition coefficient (Wildman–Crippen LogP) is 5.09. The lowest BCUT2D eigenvalue weighted by molar-refractivity contribution is -0.121. The molecule has 198 valence electrons. The minimum absolute atomic E-state index is 0.0748. The molecule has 1 aromatic heterocycles. The lowest BCUT2D eigenvalue weighted by Crippen LogP contribution is -2.38. The topological polar surface area (TPSA) is 98.1 Å². The van der Waals surface area contributed by atoms with E-state index in [9.17, 15) is 14.4 Å². The largest absolute Gasteiger partial charge is 0.485 e. The van der Waals surface area contributed by atoms with Crippen molar-refractivity contribution in [3.05, 3.63) is 113 Å². The van der Waals surface area contributed by atoms with Crippen LogP contribution in [0.2, 0.25) is 5.02 Å². The van der Waals surface area contributed by atoms with Gasteiger partial charge < -0.3 is 19.2 Å². The van der Waals surface area contributed by atoms with Crippen molar-refractivity contribution in [2.24, 2.45) is 0 Å². The van der Waals surface area contributed by atoms with Crippen LogP contribution in [0.15, 0.2) is 89.3 Å². The third-order valence-corrected chi connectivity index (χ3v) is 6.40. The summed E-state index contributed by atoms with van der Waals surface area (Å²) in [4.78, 5) is 39.6. The van der Waals surface area contributed by atoms with Gasteiger partial charge in [0.1, 0.15) is 17.3 Å². The molecule has 0 aliphatic carbocycles. The fourth-order valence-electron chi connectivity index (χ4n) is 4.10. The van der Waals surface area contributed by atoms with E-state index >= 15 is 0 Å². The third kappa shape index (κ3) is 6.48. The van der Waals surface area contributed by atoms with Crippen LogP contribution in [0.4, 0.5) is 5.69 Å². The van der Waals surface area contributed by atoms with Crippen LogP contribution in [-0.2, 0) is 17.8 Å². The van der Waals surface area contributed by atoms with Crippen molar-refractivity contribution in [2.45, 2.75) is 13.0 Å². The van der Waals surface area contributed by atoms with Gasteiger partial charge in [0.25, 0.3) is 11.8 Å². The lowest BCUT2D eigenvalue weighted by atomic mass is 10.1. The molecule has 1 N–H and O–H groups in total. The average Bonchev–Trinajstić information content (AvgIpc) is 3.43. The minimum Gasteiger partial charge on any atom is -0.485 e. The number of amides is 2. The molecule has 39 heavy (non-hydrogen) atoms. The second-order valence-electron chi connectivity index (χ2n) is 8.87. The molecule has 9 heteroatoms. The number of nitrogens with one attached hydrogen (secondary N) is 1. The summed E-state index contributed by atoms with van der Waals surface area (Å²) >= 11 is 5.89. The number of carbonyl (C=O) groups is 3. The Morgan fingerprint density at radius 3 is 2.56 bits per heavy atom. The molecule has 0 atom stereocenters. The Bertz CT molecular complexity index is 1480. The zero-order chi connectivity index (χ0) is 27.2. The van der Waals surface area contributed by atoms with Gasteiger partial charge >= 0.3 is 0 Å². The number of Topliss-reactive ketones (excluding diaryl/α,β-unsaturated/α-hetero) is 1. The number of rotatable bonds is 10. The van der Waals surface area contributed by atoms with Gasteiger partial charge in [-0.1, -0.05) is 41.9 Å². The van der Waals surface area contributed by atoms with E-state index in [2.05, 4.69) is 5.32 Å². The van der Waals surface area contributed by atoms with Crippen LogP contribution < -0.4 is 19.7 Å². The Labute approximate surface area is 230 Å². The molecule has 2 heterocycles. The van der Waals surface area contributed by atoms with Crippen molar-refractivity contribution >= 4 is 34.9 Å². The molecule has 0 fully saturated rings. The molecule has 0 radical (unpaired) electrons. The summed E-state index contributed by atoms with van der Waals surface area (Å²) in [5, 5.41) is 3.42. The van der Waals surface area contributed by atoms with Gasteiger partial charge in [0.2, 0.25) is 0 Å². The second kappa shape index (κ2) is 11.9. The van der Waals surface area contributed by atoms with E-state index in [0.717, 1.165) is 5.56 Å². The summed E-state index contributed by atoms with van der Waals surface area (Å²) in [6.07, 6.45) is 0.699. The highest BCUT2D eigenvalue weighted by molar-refractivity contribution is 6.30. The van der Waals surface area contributed by atoms with Crippen LogP contribution in [0.3, 0.4) is 0 Å². The average molecular weight is 545 g/mol. The van der Waals surface area contributed by atoms with Crippen molar-refractivity contribution < 1.29 is 28.3 Å². The molecular weight excluding hydrogens is 520 g/mol. The molecule has 8 nitrogen and oxygen atoms in total. The van der Waals surface area contributed by atoms with Crippen molar-refractivity contribution in [1.29, 1.82) is 0 Å². The number of hydrogen-bond donors (Lipinski definition) is 1. The number of carbonyl (C=O) groups excluding carboxylic acids is 3. The number of benzene rings is 3. The molecule has 3 aromatic carbocycles. The number of hydrogen-bond acceptors (Lipinski definition) is 6. The Kier molecular flexibility index (Phi) is 7.94. The van der Waals surface area contributed by atoms with Gasteiger partial charge in [0.05, 0.1) is 12.2 Å². The van der Waals surface area contributed by atoms with Crippen LogP contribution in [0.25, 0.3) is 0 Å². The Balaban J connectivity index is 1.23. The first-order valence-electron chi connectivity index (χ1n) is 12.4. The molecule has 0 saturated heterocycles. The molecular formula is C30H25ClN2O6. The summed E-state index contributed by atoms with van der Waals surface area (Å²) in [5.41, 5.74) is 1.93. The van der Waals surface area contributed by atoms with Gasteiger partial charge in [0.15, 0.2) is 24.8 Å². The van der Waals surface area contributed by atoms with E-state index in [1.165, 1.54) is 4.90 Å². The summed E-state index contributed by atoms with van der Waals surface area (Å²) in [6, 6.07) is 24.7. The molecule has 4 aromatic rings. The van der Waals surface area contributed by atoms with E-state index in [4.69, 9.17) is 25.5 Å². The molecule has 2 amide bonds. The smallest absolute Gasteiger partial charge is 0.287 e. The molecule has 0 bridgehead atoms. The second-order valence-corrected chi connectivity index (χ2v) is 9.31. The number of anilines is 1. The van der Waals surface area contributed by atoms with Crippen LogP contribution in [0, 0.1) is 0 Å². The first kappa shape index (κ1) is 26.1. The minimum atomic E-state index is -0.334. The molecule has 0 saturated carbocycles. The normalized spacial score (nSPS) is 12.4. The number of furan rings is 1. The molecule has 5 rings (SSSR count). The fourth-order valence-corrected chi connectivity index (χ4v) is 4.23. The van der Waals surface area contributed by atoms with Crippen LogP contribution >= 0.6 is 11.6 Å². The first-order chi connectivity index (χ1) is 19.0. The molecule has 0 unspecified atom stereocenters. The Morgan fingerprint density at radius 1 is 0.974 bits per heavy atom. The maximum absolute atomic E-state index is 12.8. The van der Waals surface area contributed by atoms with Gasteiger partial charge in [-0.05, 0) is 66.6 Å². The third-order valence-electron chi connectivity index (χ3n) is 6.15. The van der Waals surface area contributed by atoms with Gasteiger partial charge in [-0.2, -0.15) is 0 Å². The SMILES string of the molecule is O=C(COc1ccc(Cl)cc1)c1ccc2c(c1)N(Cc1ccc(C(=O)NCCc3ccccc3)o1)C(=O)CO2. The molecule has 1 aliphatic heterocycles. The number of ether oxygens (including phenoxy) is 2. The van der Waals surface area contributed by atoms with Crippen molar-refractivity contribution in [2.75, 3.05) is 24.7 Å². The van der Waals surface area contributed by atoms with Gasteiger partial charge in [-0.25, -0.2) is 0 Å². The summed E-state index contributed by atoms with van der Waals surface area (Å²) in [5.74, 6) is 0.667. The maximum Gasteiger partial charge on any atom is 0.287 e. The highest BCUT2D eigenvalue weighted by Gasteiger charge is 2.28. The number of fused-ring (bicyclic) bond motifs is 1. The summed E-state index contributed by atoms with van der Waals surface area (Å²) in [7, 11) is 0. The first-order valence-corrected chi connectivity index (χ1v) is 12.7. The highest BCUT2D eigenvalue weighted by atomic mass is 35.5. The van der Waals surface area contributed by atoms with Crippen LogP contribution in [0.5, 0.6) is 11.5 Å². The summed E-state index contributed by atoms with van der Waals surface area (Å²) in [6.45, 7) is 0.210. The lowest BCUT2D eigenvalue weighted by Gasteiger charge is -2.29. The van der Waals surface area contributed by atoms with E-state index in [0.29, 0.717) is 46.5 Å². The molecule has 1 aliphatic rings. The van der Waals surface area contributed by atoms with Crippen molar-refractivity contribution in [1.82, 2.24) is 5.32 Å². The van der Waals surface area contributed by atoms with Crippen molar-refractivity contribution in [3.8, 4) is 11.5 Å². The van der Waals surface area contributed by atoms with Gasteiger partial charge in [-0.15, -0.1) is 0 Å². The molecule has 0 spiro atoms. The quantitative estimate of drug-likeness (QED) is 0.279. The van der Waals surface area contributed by atoms with Gasteiger partial charge in [0, 0.05) is 17.1 Å². The van der Waals surface area contributed by atoms with E-state index in [1.54, 1.807) is 54.6 Å².